The van der Waals surface area contributed by atoms with Crippen molar-refractivity contribution in [1.29, 1.82) is 0 Å². The molecule has 0 heterocycles. The molecule has 234 valence electrons. The molecule has 0 aliphatic heterocycles. The smallest absolute Gasteiger partial charge is 0.305 e. The van der Waals surface area contributed by atoms with Gasteiger partial charge in [0.05, 0.1) is 46.2 Å². The van der Waals surface area contributed by atoms with Gasteiger partial charge in [-0.25, -0.2) is 0 Å². The summed E-state index contributed by atoms with van der Waals surface area (Å²) in [5.74, 6) is 0.634. The van der Waals surface area contributed by atoms with Crippen LogP contribution in [-0.4, -0.2) is 71.3 Å². The Bertz CT molecular complexity index is 466. The fourth-order valence-corrected chi connectivity index (χ4v) is 4.53. The fourth-order valence-electron chi connectivity index (χ4n) is 4.34. The highest BCUT2D eigenvalue weighted by Crippen LogP contribution is 2.13. The molecule has 0 saturated carbocycles. The van der Waals surface area contributed by atoms with Crippen molar-refractivity contribution in [2.45, 2.75) is 135 Å². The number of hydrogen-bond acceptors (Lipinski definition) is 6. The molecule has 0 aliphatic rings. The van der Waals surface area contributed by atoms with Crippen LogP contribution in [0.25, 0.3) is 0 Å². The maximum Gasteiger partial charge on any atom is 0.305 e. The molecular formula is C32H63ClO6. The van der Waals surface area contributed by atoms with Crippen LogP contribution >= 0.6 is 11.6 Å². The maximum absolute atomic E-state index is 11.8. The van der Waals surface area contributed by atoms with Gasteiger partial charge in [-0.2, -0.15) is 0 Å². The van der Waals surface area contributed by atoms with Crippen LogP contribution in [0.3, 0.4) is 0 Å². The average molecular weight is 579 g/mol. The van der Waals surface area contributed by atoms with E-state index in [1.165, 1.54) is 96.3 Å². The van der Waals surface area contributed by atoms with Gasteiger partial charge >= 0.3 is 5.97 Å². The van der Waals surface area contributed by atoms with Crippen LogP contribution < -0.4 is 0 Å². The van der Waals surface area contributed by atoms with Crippen LogP contribution in [0.1, 0.15) is 135 Å². The van der Waals surface area contributed by atoms with Crippen molar-refractivity contribution in [2.24, 2.45) is 0 Å². The van der Waals surface area contributed by atoms with E-state index in [1.807, 2.05) is 0 Å². The zero-order valence-corrected chi connectivity index (χ0v) is 26.3. The third kappa shape index (κ3) is 35.6. The van der Waals surface area contributed by atoms with Gasteiger partial charge in [0.25, 0.3) is 0 Å². The molecule has 0 aromatic rings. The quantitative estimate of drug-likeness (QED) is 0.0432. The third-order valence-corrected chi connectivity index (χ3v) is 7.03. The first-order chi connectivity index (χ1) is 19.3. The summed E-state index contributed by atoms with van der Waals surface area (Å²) in [5, 5.41) is 0. The van der Waals surface area contributed by atoms with Crippen molar-refractivity contribution in [2.75, 3.05) is 65.3 Å². The fraction of sp³-hybridized carbons (Fsp3) is 0.969. The molecule has 0 fully saturated rings. The number of carbonyl (C=O) groups excluding carboxylic acids is 1. The van der Waals surface area contributed by atoms with Gasteiger partial charge in [0.1, 0.15) is 6.61 Å². The van der Waals surface area contributed by atoms with Gasteiger partial charge in [-0.05, 0) is 19.3 Å². The molecule has 0 N–H and O–H groups in total. The van der Waals surface area contributed by atoms with Crippen molar-refractivity contribution in [3.63, 3.8) is 0 Å². The Kier molecular flexibility index (Phi) is 35.3. The predicted molar refractivity (Wildman–Crippen MR) is 163 cm³/mol. The van der Waals surface area contributed by atoms with Crippen molar-refractivity contribution in [3.8, 4) is 0 Å². The van der Waals surface area contributed by atoms with E-state index in [-0.39, 0.29) is 5.97 Å². The largest absolute Gasteiger partial charge is 0.463 e. The Morgan fingerprint density at radius 1 is 0.436 bits per heavy atom. The Morgan fingerprint density at radius 3 is 1.26 bits per heavy atom. The molecule has 0 atom stereocenters. The maximum atomic E-state index is 11.8. The molecule has 0 aromatic carbocycles. The summed E-state index contributed by atoms with van der Waals surface area (Å²) in [7, 11) is 0. The summed E-state index contributed by atoms with van der Waals surface area (Å²) in [5.41, 5.74) is 0. The van der Waals surface area contributed by atoms with Crippen LogP contribution in [0.15, 0.2) is 0 Å². The first kappa shape index (κ1) is 38.6. The molecule has 0 bridgehead atoms. The second-order valence-corrected chi connectivity index (χ2v) is 10.9. The summed E-state index contributed by atoms with van der Waals surface area (Å²) in [6, 6.07) is 0. The second kappa shape index (κ2) is 35.6. The van der Waals surface area contributed by atoms with E-state index < -0.39 is 0 Å². The summed E-state index contributed by atoms with van der Waals surface area (Å²) in [4.78, 5) is 11.8. The van der Waals surface area contributed by atoms with Crippen molar-refractivity contribution < 1.29 is 28.5 Å². The van der Waals surface area contributed by atoms with Crippen LogP contribution in [-0.2, 0) is 28.5 Å². The molecule has 7 heteroatoms. The normalized spacial score (nSPS) is 11.3. The van der Waals surface area contributed by atoms with Gasteiger partial charge in [-0.3, -0.25) is 4.79 Å². The predicted octanol–water partition coefficient (Wildman–Crippen LogP) is 8.66. The lowest BCUT2D eigenvalue weighted by atomic mass is 10.0. The Morgan fingerprint density at radius 2 is 0.795 bits per heavy atom. The minimum atomic E-state index is -0.114. The summed E-state index contributed by atoms with van der Waals surface area (Å²) in [6.45, 7) is 7.08. The Labute approximate surface area is 246 Å². The number of halogens is 1. The summed E-state index contributed by atoms with van der Waals surface area (Å²) >= 11 is 5.65. The molecule has 0 rings (SSSR count). The lowest BCUT2D eigenvalue weighted by Gasteiger charge is -2.08. The van der Waals surface area contributed by atoms with E-state index >= 15 is 0 Å². The van der Waals surface area contributed by atoms with Gasteiger partial charge in [0.15, 0.2) is 0 Å². The number of alkyl halides is 1. The molecular weight excluding hydrogens is 516 g/mol. The molecule has 0 aliphatic carbocycles. The third-order valence-electron chi connectivity index (χ3n) is 6.76. The number of esters is 1. The van der Waals surface area contributed by atoms with E-state index in [4.69, 9.17) is 35.3 Å². The lowest BCUT2D eigenvalue weighted by molar-refractivity contribution is -0.145. The molecule has 0 amide bonds. The SMILES string of the molecule is CCCCCCCCCCCCCCCCCC(=O)OCCOCCOCCOCCOCCCCCCCl. The van der Waals surface area contributed by atoms with Crippen molar-refractivity contribution in [3.05, 3.63) is 0 Å². The molecule has 6 nitrogen and oxygen atoms in total. The lowest BCUT2D eigenvalue weighted by Crippen LogP contribution is -2.14. The van der Waals surface area contributed by atoms with Crippen molar-refractivity contribution in [1.82, 2.24) is 0 Å². The molecule has 0 spiro atoms. The number of carbonyl (C=O) groups is 1. The van der Waals surface area contributed by atoms with E-state index in [2.05, 4.69) is 6.92 Å². The zero-order chi connectivity index (χ0) is 28.3. The number of hydrogen-bond donors (Lipinski definition) is 0. The zero-order valence-electron chi connectivity index (χ0n) is 25.5. The second-order valence-electron chi connectivity index (χ2n) is 10.5. The van der Waals surface area contributed by atoms with Gasteiger partial charge in [-0.1, -0.05) is 110 Å². The minimum absolute atomic E-state index is 0.114. The minimum Gasteiger partial charge on any atom is -0.463 e. The summed E-state index contributed by atoms with van der Waals surface area (Å²) in [6.07, 6.45) is 24.9. The van der Waals surface area contributed by atoms with E-state index in [9.17, 15) is 4.79 Å². The Hall–Kier alpha value is -0.400. The standard InChI is InChI=1S/C32H63ClO6/c1-2-3-4-5-6-7-8-9-10-11-12-13-14-15-18-21-32(34)39-31-30-38-29-28-37-27-26-36-25-24-35-23-20-17-16-19-22-33/h2-31H2,1H3. The van der Waals surface area contributed by atoms with Gasteiger partial charge in [0, 0.05) is 18.9 Å². The number of ether oxygens (including phenoxy) is 5. The van der Waals surface area contributed by atoms with E-state index in [0.29, 0.717) is 59.3 Å². The summed E-state index contributed by atoms with van der Waals surface area (Å²) < 4.78 is 27.2. The highest BCUT2D eigenvalue weighted by molar-refractivity contribution is 6.17. The topological polar surface area (TPSA) is 63.2 Å². The van der Waals surface area contributed by atoms with Gasteiger partial charge in [-0.15, -0.1) is 11.6 Å². The van der Waals surface area contributed by atoms with Gasteiger partial charge < -0.3 is 23.7 Å². The molecule has 0 radical (unpaired) electrons. The number of rotatable bonds is 34. The van der Waals surface area contributed by atoms with Crippen LogP contribution in [0.2, 0.25) is 0 Å². The van der Waals surface area contributed by atoms with E-state index in [1.54, 1.807) is 0 Å². The first-order valence-corrected chi connectivity index (χ1v) is 16.9. The van der Waals surface area contributed by atoms with Crippen LogP contribution in [0, 0.1) is 0 Å². The molecule has 0 unspecified atom stereocenters. The van der Waals surface area contributed by atoms with E-state index in [0.717, 1.165) is 38.2 Å². The van der Waals surface area contributed by atoms with Crippen LogP contribution in [0.4, 0.5) is 0 Å². The molecule has 39 heavy (non-hydrogen) atoms. The molecule has 0 saturated heterocycles. The number of unbranched alkanes of at least 4 members (excludes halogenated alkanes) is 17. The van der Waals surface area contributed by atoms with Crippen LogP contribution in [0.5, 0.6) is 0 Å². The molecule has 0 aromatic heterocycles. The highest BCUT2D eigenvalue weighted by Gasteiger charge is 2.03. The monoisotopic (exact) mass is 578 g/mol. The average Bonchev–Trinajstić information content (AvgIpc) is 2.94. The van der Waals surface area contributed by atoms with Crippen molar-refractivity contribution >= 4 is 17.6 Å². The first-order valence-electron chi connectivity index (χ1n) is 16.3. The Balaban J connectivity index is 3.14. The highest BCUT2D eigenvalue weighted by atomic mass is 35.5. The van der Waals surface area contributed by atoms with Gasteiger partial charge in [0.2, 0.25) is 0 Å².